The highest BCUT2D eigenvalue weighted by atomic mass is 79.9. The van der Waals surface area contributed by atoms with Crippen molar-refractivity contribution in [2.24, 2.45) is 0 Å². The summed E-state index contributed by atoms with van der Waals surface area (Å²) >= 11 is 3.55. The summed E-state index contributed by atoms with van der Waals surface area (Å²) in [7, 11) is 2.92. The Morgan fingerprint density at radius 2 is 1.01 bits per heavy atom. The van der Waals surface area contributed by atoms with Crippen LogP contribution in [0.1, 0.15) is 7.43 Å². The second kappa shape index (κ2) is 22.6. The predicted molar refractivity (Wildman–Crippen MR) is 283 cm³/mol. The molecule has 2 fully saturated rings. The van der Waals surface area contributed by atoms with E-state index in [4.69, 9.17) is 26.5 Å². The molecule has 2 aliphatic rings. The fourth-order valence-electron chi connectivity index (χ4n) is 7.75. The largest absolute Gasteiger partial charge is 0.488 e. The molecule has 344 valence electrons. The molecule has 67 heavy (non-hydrogen) atoms. The Kier molecular flexibility index (Phi) is 16.2. The minimum Gasteiger partial charge on any atom is -0.423 e. The lowest BCUT2D eigenvalue weighted by molar-refractivity contribution is 0.313. The Bertz CT molecular complexity index is 2860. The minimum atomic E-state index is -1.43. The third-order valence-electron chi connectivity index (χ3n) is 11.6. The van der Waals surface area contributed by atoms with Gasteiger partial charge in [-0.1, -0.05) is 62.0 Å². The highest BCUT2D eigenvalue weighted by Crippen LogP contribution is 2.30. The molecule has 6 aromatic carbocycles. The van der Waals surface area contributed by atoms with Crippen molar-refractivity contribution in [2.75, 3.05) is 98.4 Å². The Morgan fingerprint density at radius 1 is 0.552 bits per heavy atom. The average molecular weight is 962 g/mol. The molecule has 0 atom stereocenters. The summed E-state index contributed by atoms with van der Waals surface area (Å²) in [6.45, 7) is 8.68. The van der Waals surface area contributed by atoms with Gasteiger partial charge >= 0.3 is 7.12 Å². The van der Waals surface area contributed by atoms with Crippen molar-refractivity contribution in [3.63, 3.8) is 0 Å². The van der Waals surface area contributed by atoms with Crippen LogP contribution in [0.3, 0.4) is 0 Å². The van der Waals surface area contributed by atoms with Crippen molar-refractivity contribution in [2.45, 2.75) is 7.43 Å². The molecule has 0 aliphatic carbocycles. The number of halogens is 1. The molecular formula is C51H58BBrN12O2. The van der Waals surface area contributed by atoms with E-state index in [1.165, 1.54) is 17.4 Å². The number of likely N-dealkylation sites (N-methyl/N-ethyl adjacent to an activating group) is 2. The lowest BCUT2D eigenvalue weighted by atomic mass is 9.80. The van der Waals surface area contributed by atoms with Crippen LogP contribution >= 0.6 is 15.9 Å². The van der Waals surface area contributed by atoms with Gasteiger partial charge in [-0.3, -0.25) is 0 Å². The molecule has 0 spiro atoms. The zero-order chi connectivity index (χ0) is 46.0. The van der Waals surface area contributed by atoms with Crippen molar-refractivity contribution in [3.05, 3.63) is 150 Å². The summed E-state index contributed by atoms with van der Waals surface area (Å²) < 4.78 is 0.973. The predicted octanol–water partition coefficient (Wildman–Crippen LogP) is 7.85. The zero-order valence-corrected chi connectivity index (χ0v) is 38.7. The maximum absolute atomic E-state index is 8.65. The number of nitrogen functional groups attached to an aromatic ring is 2. The fourth-order valence-corrected chi connectivity index (χ4v) is 8.22. The summed E-state index contributed by atoms with van der Waals surface area (Å²) in [6, 6.07) is 43.4. The van der Waals surface area contributed by atoms with Crippen LogP contribution in [0.5, 0.6) is 0 Å². The van der Waals surface area contributed by atoms with Crippen LogP contribution in [0.4, 0.5) is 46.0 Å². The number of nitrogens with two attached hydrogens (primary N) is 2. The van der Waals surface area contributed by atoms with E-state index in [0.717, 1.165) is 107 Å². The van der Waals surface area contributed by atoms with Gasteiger partial charge in [-0.15, -0.1) is 0 Å². The second-order valence-electron chi connectivity index (χ2n) is 16.4. The molecule has 8 N–H and O–H groups in total. The smallest absolute Gasteiger partial charge is 0.423 e. The maximum atomic E-state index is 8.65. The summed E-state index contributed by atoms with van der Waals surface area (Å²) in [5.41, 5.74) is 21.4. The number of anilines is 8. The van der Waals surface area contributed by atoms with Crippen molar-refractivity contribution in [1.29, 1.82) is 0 Å². The first kappa shape index (κ1) is 48.1. The molecule has 2 aromatic heterocycles. The average Bonchev–Trinajstić information content (AvgIpc) is 3.33. The molecule has 10 rings (SSSR count). The Labute approximate surface area is 401 Å². The first-order valence-corrected chi connectivity index (χ1v) is 22.7. The number of hydrogen-bond donors (Lipinski definition) is 6. The molecule has 0 saturated carbocycles. The number of piperazine rings is 2. The Balaban J connectivity index is 0.000000166. The molecule has 0 amide bonds. The van der Waals surface area contributed by atoms with E-state index in [1.807, 2.05) is 60.9 Å². The van der Waals surface area contributed by atoms with E-state index in [-0.39, 0.29) is 7.43 Å². The number of aromatic nitrogens is 4. The van der Waals surface area contributed by atoms with Gasteiger partial charge in [0.1, 0.15) is 0 Å². The first-order chi connectivity index (χ1) is 32.0. The number of rotatable bonds is 8. The van der Waals surface area contributed by atoms with Gasteiger partial charge < -0.3 is 51.7 Å². The maximum Gasteiger partial charge on any atom is 0.488 e. The van der Waals surface area contributed by atoms with Crippen LogP contribution in [0.15, 0.2) is 150 Å². The van der Waals surface area contributed by atoms with Crippen LogP contribution in [-0.4, -0.2) is 113 Å². The van der Waals surface area contributed by atoms with E-state index in [1.54, 1.807) is 18.2 Å². The van der Waals surface area contributed by atoms with Gasteiger partial charge in [-0.05, 0) is 120 Å². The molecule has 0 unspecified atom stereocenters. The summed E-state index contributed by atoms with van der Waals surface area (Å²) in [6.07, 6.45) is 3.70. The molecule has 2 saturated heterocycles. The van der Waals surface area contributed by atoms with E-state index in [2.05, 4.69) is 136 Å². The SMILES string of the molecule is C.CN1CCN(c2ccc(Nc3ncc4cccc(-c5cccc(N)c5)c4n3)cc2)CC1.CN1CCN(c2ccc(Nc3ncc4cccc(Br)c4n3)cc2)CC1.Nc1cccc(B(O)O)c1. The Morgan fingerprint density at radius 3 is 1.51 bits per heavy atom. The van der Waals surface area contributed by atoms with Crippen molar-refractivity contribution in [1.82, 2.24) is 29.7 Å². The van der Waals surface area contributed by atoms with Gasteiger partial charge in [0.2, 0.25) is 11.9 Å². The minimum absolute atomic E-state index is 0. The van der Waals surface area contributed by atoms with E-state index in [0.29, 0.717) is 23.0 Å². The van der Waals surface area contributed by atoms with Gasteiger partial charge in [0.15, 0.2) is 0 Å². The lowest BCUT2D eigenvalue weighted by Crippen LogP contribution is -2.44. The normalized spacial score (nSPS) is 14.0. The van der Waals surface area contributed by atoms with Gasteiger partial charge in [0, 0.05) is 120 Å². The molecule has 4 heterocycles. The summed E-state index contributed by atoms with van der Waals surface area (Å²) in [5, 5.41) is 26.0. The number of hydrogen-bond acceptors (Lipinski definition) is 14. The molecule has 0 radical (unpaired) electrons. The molecule has 0 bridgehead atoms. The second-order valence-corrected chi connectivity index (χ2v) is 17.3. The first-order valence-electron chi connectivity index (χ1n) is 21.9. The number of nitrogens with zero attached hydrogens (tertiary/aromatic N) is 8. The Hall–Kier alpha value is -6.82. The molecule has 14 nitrogen and oxygen atoms in total. The molecule has 16 heteroatoms. The topological polar surface area (TPSA) is 181 Å². The van der Waals surface area contributed by atoms with Crippen LogP contribution in [0, 0.1) is 0 Å². The van der Waals surface area contributed by atoms with Crippen LogP contribution in [0.25, 0.3) is 32.9 Å². The van der Waals surface area contributed by atoms with Crippen molar-refractivity contribution in [3.8, 4) is 11.1 Å². The van der Waals surface area contributed by atoms with Crippen LogP contribution < -0.4 is 37.4 Å². The van der Waals surface area contributed by atoms with Gasteiger partial charge in [0.25, 0.3) is 0 Å². The number of para-hydroxylation sites is 2. The van der Waals surface area contributed by atoms with Crippen molar-refractivity contribution >= 4 is 96.3 Å². The quantitative estimate of drug-likeness (QED) is 0.0640. The zero-order valence-electron chi connectivity index (χ0n) is 37.1. The van der Waals surface area contributed by atoms with E-state index >= 15 is 0 Å². The fraction of sp³-hybridized carbons (Fsp3) is 0.216. The van der Waals surface area contributed by atoms with Gasteiger partial charge in [0.05, 0.1) is 11.0 Å². The summed E-state index contributed by atoms with van der Waals surface area (Å²) in [4.78, 5) is 27.9. The third kappa shape index (κ3) is 12.8. The van der Waals surface area contributed by atoms with Crippen LogP contribution in [0.2, 0.25) is 0 Å². The van der Waals surface area contributed by atoms with E-state index < -0.39 is 7.12 Å². The highest BCUT2D eigenvalue weighted by Gasteiger charge is 2.16. The molecular weight excluding hydrogens is 903 g/mol. The standard InChI is InChI=1S/C25H26N6.C19H20BrN5.C6H8BNO2.CH4/c1-30-12-14-31(15-13-30)22-10-8-21(9-11-22)28-25-27-17-19-5-3-7-23(24(19)29-25)18-4-2-6-20(26)16-18;1-24-9-11-25(12-10-24)16-7-5-15(6-8-16)22-19-21-13-14-3-2-4-17(20)18(14)23-19;8-6-3-1-2-5(4-6)7(9)10;/h2-11,16-17H,12-15,26H2,1H3,(H,27,28,29);2-8,13H,9-12H2,1H3,(H,21,22,23);1-4,9-10H,8H2;1H4. The lowest BCUT2D eigenvalue weighted by Gasteiger charge is -2.34. The van der Waals surface area contributed by atoms with Gasteiger partial charge in [-0.25, -0.2) is 19.9 Å². The van der Waals surface area contributed by atoms with Crippen molar-refractivity contribution < 1.29 is 10.0 Å². The van der Waals surface area contributed by atoms with E-state index in [9.17, 15) is 0 Å². The highest BCUT2D eigenvalue weighted by molar-refractivity contribution is 9.10. The summed E-state index contributed by atoms with van der Waals surface area (Å²) in [5.74, 6) is 1.18. The monoisotopic (exact) mass is 960 g/mol. The number of benzene rings is 6. The molecule has 2 aliphatic heterocycles. The third-order valence-corrected chi connectivity index (χ3v) is 12.2. The molecule has 8 aromatic rings. The van der Waals surface area contributed by atoms with Crippen LogP contribution in [-0.2, 0) is 0 Å². The number of fused-ring (bicyclic) bond motifs is 2. The van der Waals surface area contributed by atoms with Gasteiger partial charge in [-0.2, -0.15) is 0 Å². The number of nitrogens with one attached hydrogen (secondary N) is 2.